The molecular formula is C17H9N. The highest BCUT2D eigenvalue weighted by molar-refractivity contribution is 6.24. The maximum Gasteiger partial charge on any atom is 0.0998 e. The molecule has 0 aliphatic heterocycles. The average Bonchev–Trinajstić information content (AvgIpc) is 2.44. The van der Waals surface area contributed by atoms with Crippen molar-refractivity contribution in [3.8, 4) is 6.07 Å². The molecule has 0 aliphatic carbocycles. The topological polar surface area (TPSA) is 23.8 Å². The Morgan fingerprint density at radius 3 is 2.17 bits per heavy atom. The Morgan fingerprint density at radius 1 is 0.722 bits per heavy atom. The number of rotatable bonds is 0. The summed E-state index contributed by atoms with van der Waals surface area (Å²) in [6.45, 7) is 0. The van der Waals surface area contributed by atoms with Gasteiger partial charge in [0.15, 0.2) is 0 Å². The van der Waals surface area contributed by atoms with E-state index in [4.69, 9.17) is 0 Å². The molecule has 0 fully saturated rings. The third-order valence-electron chi connectivity index (χ3n) is 3.63. The highest BCUT2D eigenvalue weighted by atomic mass is 14.2. The van der Waals surface area contributed by atoms with Gasteiger partial charge >= 0.3 is 0 Å². The quantitative estimate of drug-likeness (QED) is 0.407. The van der Waals surface area contributed by atoms with E-state index in [0.717, 1.165) is 16.3 Å². The monoisotopic (exact) mass is 227 g/mol. The third-order valence-corrected chi connectivity index (χ3v) is 3.63. The summed E-state index contributed by atoms with van der Waals surface area (Å²) in [7, 11) is 0. The fraction of sp³-hybridized carbons (Fsp3) is 0. The number of nitriles is 1. The summed E-state index contributed by atoms with van der Waals surface area (Å²) in [5.74, 6) is 0. The van der Waals surface area contributed by atoms with Crippen molar-refractivity contribution in [2.75, 3.05) is 0 Å². The Labute approximate surface area is 104 Å². The van der Waals surface area contributed by atoms with E-state index in [9.17, 15) is 5.26 Å². The van der Waals surface area contributed by atoms with Crippen LogP contribution < -0.4 is 0 Å². The van der Waals surface area contributed by atoms with Crippen LogP contribution in [0.15, 0.2) is 54.6 Å². The molecule has 0 spiro atoms. The van der Waals surface area contributed by atoms with Crippen LogP contribution in [0, 0.1) is 11.3 Å². The minimum Gasteiger partial charge on any atom is -0.192 e. The molecule has 0 heterocycles. The van der Waals surface area contributed by atoms with Gasteiger partial charge in [-0.05, 0) is 33.0 Å². The summed E-state index contributed by atoms with van der Waals surface area (Å²) >= 11 is 0. The predicted octanol–water partition coefficient (Wildman–Crippen LogP) is 4.46. The summed E-state index contributed by atoms with van der Waals surface area (Å²) in [5, 5.41) is 16.4. The summed E-state index contributed by atoms with van der Waals surface area (Å²) < 4.78 is 0. The van der Waals surface area contributed by atoms with Crippen molar-refractivity contribution in [1.29, 1.82) is 5.26 Å². The van der Waals surface area contributed by atoms with Gasteiger partial charge in [-0.1, -0.05) is 48.5 Å². The van der Waals surface area contributed by atoms with Gasteiger partial charge in [-0.2, -0.15) is 5.26 Å². The van der Waals surface area contributed by atoms with E-state index in [0.29, 0.717) is 0 Å². The van der Waals surface area contributed by atoms with Crippen molar-refractivity contribution in [1.82, 2.24) is 0 Å². The number of nitrogens with zero attached hydrogens (tertiary/aromatic N) is 1. The van der Waals surface area contributed by atoms with Crippen molar-refractivity contribution in [2.45, 2.75) is 0 Å². The molecule has 1 nitrogen and oxygen atoms in total. The molecule has 0 aliphatic rings. The van der Waals surface area contributed by atoms with Crippen LogP contribution in [0.4, 0.5) is 0 Å². The lowest BCUT2D eigenvalue weighted by atomic mass is 9.92. The molecule has 0 radical (unpaired) electrons. The van der Waals surface area contributed by atoms with E-state index in [2.05, 4.69) is 36.4 Å². The first-order chi connectivity index (χ1) is 8.88. The second kappa shape index (κ2) is 3.21. The first kappa shape index (κ1) is 9.44. The van der Waals surface area contributed by atoms with E-state index < -0.39 is 0 Å². The Balaban J connectivity index is 2.48. The molecule has 0 saturated heterocycles. The maximum absolute atomic E-state index is 9.31. The minimum absolute atomic E-state index is 0.756. The molecule has 0 saturated carbocycles. The van der Waals surface area contributed by atoms with Crippen molar-refractivity contribution in [3.63, 3.8) is 0 Å². The Bertz CT molecular complexity index is 929. The molecule has 4 aromatic rings. The zero-order valence-corrected chi connectivity index (χ0v) is 9.64. The summed E-state index contributed by atoms with van der Waals surface area (Å²) in [4.78, 5) is 0. The van der Waals surface area contributed by atoms with Crippen LogP contribution in [0.3, 0.4) is 0 Å². The lowest BCUT2D eigenvalue weighted by Crippen LogP contribution is -1.86. The Morgan fingerprint density at radius 2 is 1.39 bits per heavy atom. The standard InChI is InChI=1S/C17H9N/c18-10-14-9-13-5-1-3-11-7-8-12-4-2-6-15(14)17(12)16(11)13/h1-9H. The SMILES string of the molecule is N#Cc1cc2cccc3ccc4cccc1c4c32. The zero-order valence-electron chi connectivity index (χ0n) is 9.64. The van der Waals surface area contributed by atoms with Crippen LogP contribution in [0.1, 0.15) is 5.56 Å². The molecule has 4 aromatic carbocycles. The van der Waals surface area contributed by atoms with Gasteiger partial charge in [0.2, 0.25) is 0 Å². The minimum atomic E-state index is 0.756. The van der Waals surface area contributed by atoms with Gasteiger partial charge in [-0.3, -0.25) is 0 Å². The number of hydrogen-bond donors (Lipinski definition) is 0. The molecule has 82 valence electrons. The van der Waals surface area contributed by atoms with E-state index in [1.54, 1.807) is 0 Å². The Hall–Kier alpha value is -2.59. The van der Waals surface area contributed by atoms with Gasteiger partial charge in [-0.25, -0.2) is 0 Å². The summed E-state index contributed by atoms with van der Waals surface area (Å²) in [6, 6.07) is 21.0. The first-order valence-corrected chi connectivity index (χ1v) is 5.95. The van der Waals surface area contributed by atoms with E-state index in [-0.39, 0.29) is 0 Å². The van der Waals surface area contributed by atoms with Crippen molar-refractivity contribution >= 4 is 32.3 Å². The van der Waals surface area contributed by atoms with Crippen LogP contribution in [-0.2, 0) is 0 Å². The van der Waals surface area contributed by atoms with E-state index in [1.807, 2.05) is 24.3 Å². The molecule has 0 atom stereocenters. The van der Waals surface area contributed by atoms with Crippen LogP contribution in [0.2, 0.25) is 0 Å². The molecule has 4 rings (SSSR count). The number of hydrogen-bond acceptors (Lipinski definition) is 1. The molecule has 0 N–H and O–H groups in total. The predicted molar refractivity (Wildman–Crippen MR) is 74.9 cm³/mol. The van der Waals surface area contributed by atoms with Crippen molar-refractivity contribution in [3.05, 3.63) is 60.2 Å². The summed E-state index contributed by atoms with van der Waals surface area (Å²) in [6.07, 6.45) is 0. The summed E-state index contributed by atoms with van der Waals surface area (Å²) in [5.41, 5.74) is 0.756. The normalized spacial score (nSPS) is 11.3. The fourth-order valence-electron chi connectivity index (χ4n) is 2.85. The molecule has 1 heteroatoms. The second-order valence-electron chi connectivity index (χ2n) is 4.58. The van der Waals surface area contributed by atoms with Gasteiger partial charge < -0.3 is 0 Å². The fourth-order valence-corrected chi connectivity index (χ4v) is 2.85. The van der Waals surface area contributed by atoms with Gasteiger partial charge in [0.1, 0.15) is 0 Å². The highest BCUT2D eigenvalue weighted by Gasteiger charge is 2.10. The van der Waals surface area contributed by atoms with Crippen LogP contribution in [0.25, 0.3) is 32.3 Å². The average molecular weight is 227 g/mol. The smallest absolute Gasteiger partial charge is 0.0998 e. The lowest BCUT2D eigenvalue weighted by molar-refractivity contribution is 1.51. The van der Waals surface area contributed by atoms with Crippen LogP contribution in [0.5, 0.6) is 0 Å². The molecule has 18 heavy (non-hydrogen) atoms. The van der Waals surface area contributed by atoms with Gasteiger partial charge in [-0.15, -0.1) is 0 Å². The van der Waals surface area contributed by atoms with Crippen molar-refractivity contribution < 1.29 is 0 Å². The van der Waals surface area contributed by atoms with Crippen LogP contribution >= 0.6 is 0 Å². The highest BCUT2D eigenvalue weighted by Crippen LogP contribution is 2.35. The van der Waals surface area contributed by atoms with Gasteiger partial charge in [0.05, 0.1) is 11.6 Å². The van der Waals surface area contributed by atoms with E-state index in [1.165, 1.54) is 21.5 Å². The third kappa shape index (κ3) is 1.05. The molecular weight excluding hydrogens is 218 g/mol. The molecule has 0 bridgehead atoms. The first-order valence-electron chi connectivity index (χ1n) is 5.95. The molecule has 0 amide bonds. The number of benzene rings is 4. The molecule has 0 aromatic heterocycles. The van der Waals surface area contributed by atoms with Gasteiger partial charge in [0, 0.05) is 5.39 Å². The van der Waals surface area contributed by atoms with E-state index >= 15 is 0 Å². The zero-order chi connectivity index (χ0) is 12.1. The van der Waals surface area contributed by atoms with Crippen LogP contribution in [-0.4, -0.2) is 0 Å². The Kier molecular flexibility index (Phi) is 1.68. The molecule has 0 unspecified atom stereocenters. The maximum atomic E-state index is 9.31. The second-order valence-corrected chi connectivity index (χ2v) is 4.58. The lowest BCUT2D eigenvalue weighted by Gasteiger charge is -2.11. The van der Waals surface area contributed by atoms with Crippen molar-refractivity contribution in [2.24, 2.45) is 0 Å². The van der Waals surface area contributed by atoms with Gasteiger partial charge in [0.25, 0.3) is 0 Å². The largest absolute Gasteiger partial charge is 0.192 e.